The van der Waals surface area contributed by atoms with Gasteiger partial charge in [-0.25, -0.2) is 24.9 Å². The zero-order chi connectivity index (χ0) is 34.7. The van der Waals surface area contributed by atoms with E-state index in [1.165, 1.54) is 0 Å². The summed E-state index contributed by atoms with van der Waals surface area (Å²) in [4.78, 5) is 29.4. The summed E-state index contributed by atoms with van der Waals surface area (Å²) < 4.78 is 0. The van der Waals surface area contributed by atoms with Crippen LogP contribution < -0.4 is 0 Å². The molecule has 0 aliphatic rings. The standard InChI is InChI=1S/C46H30N6/c1-4-13-33(14-5-1)43-48-41(29-42(49-43)39-28-37-19-10-11-22-40(37)47-30-39)32-25-23-31(24-26-32)36-20-12-21-38(27-36)46-51-44(34-15-6-2-7-16-34)50-45(52-46)35-17-8-3-9-18-35/h1-30H. The van der Waals surface area contributed by atoms with Crippen molar-refractivity contribution >= 4 is 10.9 Å². The smallest absolute Gasteiger partial charge is 0.164 e. The third kappa shape index (κ3) is 6.32. The van der Waals surface area contributed by atoms with Crippen molar-refractivity contribution in [2.45, 2.75) is 0 Å². The second-order valence-corrected chi connectivity index (χ2v) is 12.4. The zero-order valence-electron chi connectivity index (χ0n) is 28.0. The summed E-state index contributed by atoms with van der Waals surface area (Å²) >= 11 is 0. The van der Waals surface area contributed by atoms with Crippen LogP contribution in [0.3, 0.4) is 0 Å². The molecule has 0 bridgehead atoms. The first-order chi connectivity index (χ1) is 25.7. The van der Waals surface area contributed by atoms with Crippen LogP contribution in [0.15, 0.2) is 182 Å². The number of para-hydroxylation sites is 1. The van der Waals surface area contributed by atoms with Crippen LogP contribution in [0.4, 0.5) is 0 Å². The van der Waals surface area contributed by atoms with E-state index in [0.29, 0.717) is 23.3 Å². The molecule has 52 heavy (non-hydrogen) atoms. The molecule has 0 N–H and O–H groups in total. The van der Waals surface area contributed by atoms with Gasteiger partial charge in [0, 0.05) is 45.0 Å². The molecule has 0 saturated carbocycles. The van der Waals surface area contributed by atoms with Crippen molar-refractivity contribution in [2.75, 3.05) is 0 Å². The Morgan fingerprint density at radius 3 is 1.35 bits per heavy atom. The van der Waals surface area contributed by atoms with Crippen molar-refractivity contribution < 1.29 is 0 Å². The summed E-state index contributed by atoms with van der Waals surface area (Å²) in [7, 11) is 0. The van der Waals surface area contributed by atoms with E-state index >= 15 is 0 Å². The van der Waals surface area contributed by atoms with Crippen LogP contribution in [0.2, 0.25) is 0 Å². The van der Waals surface area contributed by atoms with E-state index < -0.39 is 0 Å². The van der Waals surface area contributed by atoms with Crippen LogP contribution >= 0.6 is 0 Å². The summed E-state index contributed by atoms with van der Waals surface area (Å²) in [6.45, 7) is 0. The van der Waals surface area contributed by atoms with Gasteiger partial charge in [0.25, 0.3) is 0 Å². The number of rotatable bonds is 7. The Labute approximate surface area is 301 Å². The van der Waals surface area contributed by atoms with Crippen molar-refractivity contribution in [3.05, 3.63) is 182 Å². The summed E-state index contributed by atoms with van der Waals surface area (Å²) in [5.74, 6) is 2.56. The fraction of sp³-hybridized carbons (Fsp3) is 0. The van der Waals surface area contributed by atoms with Gasteiger partial charge in [-0.2, -0.15) is 0 Å². The van der Waals surface area contributed by atoms with Crippen LogP contribution in [0, 0.1) is 0 Å². The molecule has 0 spiro atoms. The van der Waals surface area contributed by atoms with Crippen molar-refractivity contribution in [1.82, 2.24) is 29.9 Å². The predicted molar refractivity (Wildman–Crippen MR) is 209 cm³/mol. The first-order valence-corrected chi connectivity index (χ1v) is 17.1. The number of pyridine rings is 1. The molecule has 0 radical (unpaired) electrons. The highest BCUT2D eigenvalue weighted by molar-refractivity contribution is 5.84. The molecular formula is C46H30N6. The molecule has 9 rings (SSSR count). The molecular weight excluding hydrogens is 637 g/mol. The second kappa shape index (κ2) is 13.6. The Morgan fingerprint density at radius 2 is 0.731 bits per heavy atom. The summed E-state index contributed by atoms with van der Waals surface area (Å²) in [5, 5.41) is 1.07. The van der Waals surface area contributed by atoms with E-state index in [4.69, 9.17) is 29.9 Å². The number of benzene rings is 6. The quantitative estimate of drug-likeness (QED) is 0.168. The molecule has 0 aliphatic heterocycles. The van der Waals surface area contributed by atoms with E-state index in [1.54, 1.807) is 0 Å². The van der Waals surface area contributed by atoms with Crippen LogP contribution in [0.1, 0.15) is 0 Å². The van der Waals surface area contributed by atoms with E-state index in [9.17, 15) is 0 Å². The topological polar surface area (TPSA) is 77.3 Å². The Bertz CT molecular complexity index is 2600. The van der Waals surface area contributed by atoms with Gasteiger partial charge in [-0.05, 0) is 35.4 Å². The molecule has 0 saturated heterocycles. The molecule has 3 aromatic heterocycles. The van der Waals surface area contributed by atoms with E-state index in [-0.39, 0.29) is 0 Å². The highest BCUT2D eigenvalue weighted by atomic mass is 15.0. The van der Waals surface area contributed by atoms with Gasteiger partial charge >= 0.3 is 0 Å². The largest absolute Gasteiger partial charge is 0.256 e. The van der Waals surface area contributed by atoms with E-state index in [0.717, 1.165) is 66.8 Å². The third-order valence-electron chi connectivity index (χ3n) is 8.98. The van der Waals surface area contributed by atoms with Crippen molar-refractivity contribution in [1.29, 1.82) is 0 Å². The fourth-order valence-electron chi connectivity index (χ4n) is 6.28. The van der Waals surface area contributed by atoms with Crippen LogP contribution in [-0.2, 0) is 0 Å². The van der Waals surface area contributed by atoms with Gasteiger partial charge in [-0.1, -0.05) is 152 Å². The lowest BCUT2D eigenvalue weighted by molar-refractivity contribution is 1.07. The molecule has 0 aliphatic carbocycles. The van der Waals surface area contributed by atoms with Gasteiger partial charge in [0.2, 0.25) is 0 Å². The first-order valence-electron chi connectivity index (χ1n) is 17.1. The Balaban J connectivity index is 1.08. The van der Waals surface area contributed by atoms with Crippen molar-refractivity contribution in [3.63, 3.8) is 0 Å². The lowest BCUT2D eigenvalue weighted by Crippen LogP contribution is -2.00. The van der Waals surface area contributed by atoms with Crippen LogP contribution in [0.5, 0.6) is 0 Å². The zero-order valence-corrected chi connectivity index (χ0v) is 28.0. The molecule has 244 valence electrons. The third-order valence-corrected chi connectivity index (χ3v) is 8.98. The monoisotopic (exact) mass is 666 g/mol. The average Bonchev–Trinajstić information content (AvgIpc) is 3.24. The highest BCUT2D eigenvalue weighted by Gasteiger charge is 2.14. The average molecular weight is 667 g/mol. The minimum Gasteiger partial charge on any atom is -0.256 e. The molecule has 0 amide bonds. The maximum absolute atomic E-state index is 5.03. The number of hydrogen-bond donors (Lipinski definition) is 0. The molecule has 6 heteroatoms. The highest BCUT2D eigenvalue weighted by Crippen LogP contribution is 2.32. The number of fused-ring (bicyclic) bond motifs is 1. The van der Waals surface area contributed by atoms with Gasteiger partial charge in [0.15, 0.2) is 23.3 Å². The van der Waals surface area contributed by atoms with E-state index in [1.807, 2.05) is 134 Å². The van der Waals surface area contributed by atoms with Crippen LogP contribution in [-0.4, -0.2) is 29.9 Å². The number of aromatic nitrogens is 6. The summed E-state index contributed by atoms with van der Waals surface area (Å²) in [6.07, 6.45) is 1.89. The Hall–Kier alpha value is -7.18. The van der Waals surface area contributed by atoms with Crippen LogP contribution in [0.25, 0.3) is 90.1 Å². The Kier molecular flexibility index (Phi) is 8.08. The molecule has 6 aromatic carbocycles. The van der Waals surface area contributed by atoms with Gasteiger partial charge < -0.3 is 0 Å². The van der Waals surface area contributed by atoms with Crippen molar-refractivity contribution in [2.24, 2.45) is 0 Å². The van der Waals surface area contributed by atoms with Gasteiger partial charge in [-0.15, -0.1) is 0 Å². The lowest BCUT2D eigenvalue weighted by atomic mass is 10.00. The van der Waals surface area contributed by atoms with E-state index in [2.05, 4.69) is 48.5 Å². The minimum absolute atomic E-state index is 0.622. The molecule has 9 aromatic rings. The maximum atomic E-state index is 5.03. The number of hydrogen-bond acceptors (Lipinski definition) is 6. The SMILES string of the molecule is c1ccc(-c2nc(-c3ccc(-c4cccc(-c5nc(-c6ccccc6)nc(-c6ccccc6)n5)c4)cc3)cc(-c3cnc4ccccc4c3)n2)cc1. The molecule has 3 heterocycles. The summed E-state index contributed by atoms with van der Waals surface area (Å²) in [6, 6.07) is 59.3. The predicted octanol–water partition coefficient (Wildman–Crippen LogP) is 10.9. The van der Waals surface area contributed by atoms with Gasteiger partial charge in [0.1, 0.15) is 0 Å². The first kappa shape index (κ1) is 30.8. The number of nitrogens with zero attached hydrogens (tertiary/aromatic N) is 6. The van der Waals surface area contributed by atoms with Gasteiger partial charge in [0.05, 0.1) is 16.9 Å². The minimum atomic E-state index is 0.622. The maximum Gasteiger partial charge on any atom is 0.164 e. The molecule has 0 atom stereocenters. The Morgan fingerprint density at radius 1 is 0.269 bits per heavy atom. The molecule has 0 unspecified atom stereocenters. The normalized spacial score (nSPS) is 11.1. The van der Waals surface area contributed by atoms with Crippen molar-refractivity contribution in [3.8, 4) is 79.2 Å². The second-order valence-electron chi connectivity index (χ2n) is 12.4. The molecule has 6 nitrogen and oxygen atoms in total. The fourth-order valence-corrected chi connectivity index (χ4v) is 6.28. The molecule has 0 fully saturated rings. The van der Waals surface area contributed by atoms with Gasteiger partial charge in [-0.3, -0.25) is 4.98 Å². The lowest BCUT2D eigenvalue weighted by Gasteiger charge is -2.11. The summed E-state index contributed by atoms with van der Waals surface area (Å²) in [5.41, 5.74) is 10.4.